The molecule has 0 saturated carbocycles. The first-order valence-electron chi connectivity index (χ1n) is 8.77. The van der Waals surface area contributed by atoms with E-state index in [2.05, 4.69) is 16.8 Å². The third-order valence-electron chi connectivity index (χ3n) is 5.23. The van der Waals surface area contributed by atoms with Gasteiger partial charge in [0, 0.05) is 32.4 Å². The summed E-state index contributed by atoms with van der Waals surface area (Å²) in [5, 5.41) is 9.03. The van der Waals surface area contributed by atoms with Crippen molar-refractivity contribution in [2.24, 2.45) is 11.8 Å². The Balaban J connectivity index is 1.59. The maximum Gasteiger partial charge on any atom is 0.306 e. The number of piperidine rings is 2. The van der Waals surface area contributed by atoms with Crippen LogP contribution in [-0.4, -0.2) is 53.0 Å². The molecule has 6 nitrogen and oxygen atoms in total. The van der Waals surface area contributed by atoms with Crippen LogP contribution in [0, 0.1) is 11.8 Å². The van der Waals surface area contributed by atoms with Gasteiger partial charge < -0.3 is 14.9 Å². The highest BCUT2D eigenvalue weighted by atomic mass is 16.4. The number of carbonyl (C=O) groups excluding carboxylic acids is 1. The molecule has 3 heterocycles. The highest BCUT2D eigenvalue weighted by Gasteiger charge is 2.27. The van der Waals surface area contributed by atoms with E-state index >= 15 is 0 Å². The first kappa shape index (κ1) is 16.7. The summed E-state index contributed by atoms with van der Waals surface area (Å²) in [6.45, 7) is 5.32. The van der Waals surface area contributed by atoms with Crippen LogP contribution in [-0.2, 0) is 4.79 Å². The fourth-order valence-electron chi connectivity index (χ4n) is 3.45. The van der Waals surface area contributed by atoms with Gasteiger partial charge in [-0.15, -0.1) is 0 Å². The number of amides is 1. The molecule has 6 heteroatoms. The Bertz CT molecular complexity index is 586. The van der Waals surface area contributed by atoms with E-state index in [0.29, 0.717) is 31.5 Å². The van der Waals surface area contributed by atoms with Crippen molar-refractivity contribution in [3.05, 3.63) is 23.9 Å². The number of rotatable bonds is 3. The minimum absolute atomic E-state index is 0.0508. The zero-order chi connectivity index (χ0) is 17.1. The van der Waals surface area contributed by atoms with Crippen molar-refractivity contribution < 1.29 is 14.7 Å². The lowest BCUT2D eigenvalue weighted by molar-refractivity contribution is -0.143. The van der Waals surface area contributed by atoms with E-state index in [9.17, 15) is 9.59 Å². The monoisotopic (exact) mass is 331 g/mol. The highest BCUT2D eigenvalue weighted by molar-refractivity contribution is 5.94. The summed E-state index contributed by atoms with van der Waals surface area (Å²) < 4.78 is 0. The molecule has 2 aliphatic rings. The Hall–Kier alpha value is -2.11. The Kier molecular flexibility index (Phi) is 5.02. The summed E-state index contributed by atoms with van der Waals surface area (Å²) in [5.41, 5.74) is 0.581. The lowest BCUT2D eigenvalue weighted by atomic mass is 9.97. The molecular formula is C18H25N3O3. The Morgan fingerprint density at radius 2 is 1.75 bits per heavy atom. The zero-order valence-corrected chi connectivity index (χ0v) is 14.1. The summed E-state index contributed by atoms with van der Waals surface area (Å²) in [7, 11) is 0. The van der Waals surface area contributed by atoms with Crippen molar-refractivity contribution in [2.75, 3.05) is 31.1 Å². The second-order valence-electron chi connectivity index (χ2n) is 6.98. The van der Waals surface area contributed by atoms with Crippen LogP contribution in [0.15, 0.2) is 18.3 Å². The number of hydrogen-bond donors (Lipinski definition) is 1. The Labute approximate surface area is 142 Å². The summed E-state index contributed by atoms with van der Waals surface area (Å²) >= 11 is 0. The van der Waals surface area contributed by atoms with Gasteiger partial charge in [-0.1, -0.05) is 6.92 Å². The third-order valence-corrected chi connectivity index (χ3v) is 5.23. The second kappa shape index (κ2) is 7.20. The molecule has 0 aromatic carbocycles. The molecule has 24 heavy (non-hydrogen) atoms. The van der Waals surface area contributed by atoms with Crippen LogP contribution in [0.1, 0.15) is 43.0 Å². The van der Waals surface area contributed by atoms with E-state index in [0.717, 1.165) is 24.8 Å². The number of anilines is 1. The van der Waals surface area contributed by atoms with Crippen molar-refractivity contribution in [1.82, 2.24) is 9.88 Å². The quantitative estimate of drug-likeness (QED) is 0.919. The number of pyridine rings is 1. The average molecular weight is 331 g/mol. The Morgan fingerprint density at radius 3 is 2.29 bits per heavy atom. The van der Waals surface area contributed by atoms with Crippen molar-refractivity contribution in [2.45, 2.75) is 32.6 Å². The van der Waals surface area contributed by atoms with Gasteiger partial charge in [-0.3, -0.25) is 9.59 Å². The molecular weight excluding hydrogens is 306 g/mol. The second-order valence-corrected chi connectivity index (χ2v) is 6.98. The zero-order valence-electron chi connectivity index (χ0n) is 14.1. The van der Waals surface area contributed by atoms with Gasteiger partial charge in [-0.2, -0.15) is 0 Å². The van der Waals surface area contributed by atoms with Crippen LogP contribution >= 0.6 is 0 Å². The topological polar surface area (TPSA) is 73.7 Å². The largest absolute Gasteiger partial charge is 0.481 e. The van der Waals surface area contributed by atoms with Crippen LogP contribution in [0.4, 0.5) is 5.82 Å². The smallest absolute Gasteiger partial charge is 0.306 e. The first-order valence-corrected chi connectivity index (χ1v) is 8.77. The van der Waals surface area contributed by atoms with Crippen LogP contribution < -0.4 is 4.90 Å². The van der Waals surface area contributed by atoms with E-state index in [1.54, 1.807) is 11.1 Å². The maximum absolute atomic E-state index is 12.5. The van der Waals surface area contributed by atoms with Crippen molar-refractivity contribution >= 4 is 17.7 Å². The summed E-state index contributed by atoms with van der Waals surface area (Å²) in [4.78, 5) is 32.0. The van der Waals surface area contributed by atoms with Crippen molar-refractivity contribution in [3.8, 4) is 0 Å². The number of aliphatic carboxylic acids is 1. The molecule has 0 atom stereocenters. The van der Waals surface area contributed by atoms with Gasteiger partial charge in [0.25, 0.3) is 5.91 Å². The van der Waals surface area contributed by atoms with Gasteiger partial charge in [0.2, 0.25) is 0 Å². The van der Waals surface area contributed by atoms with Gasteiger partial charge in [0.15, 0.2) is 0 Å². The van der Waals surface area contributed by atoms with E-state index in [-0.39, 0.29) is 11.8 Å². The molecule has 1 aromatic heterocycles. The Morgan fingerprint density at radius 1 is 1.08 bits per heavy atom. The molecule has 2 fully saturated rings. The normalized spacial score (nSPS) is 20.2. The molecule has 0 unspecified atom stereocenters. The standard InChI is InChI=1S/C18H25N3O3/c1-13-4-8-20(9-5-13)16-3-2-15(12-19-16)17(22)21-10-6-14(7-11-21)18(23)24/h2-3,12-14H,4-11H2,1H3,(H,23,24). The predicted octanol–water partition coefficient (Wildman–Crippen LogP) is 2.25. The molecule has 0 spiro atoms. The molecule has 0 radical (unpaired) electrons. The van der Waals surface area contributed by atoms with Crippen molar-refractivity contribution in [3.63, 3.8) is 0 Å². The average Bonchev–Trinajstić information content (AvgIpc) is 2.62. The van der Waals surface area contributed by atoms with Gasteiger partial charge in [0.1, 0.15) is 5.82 Å². The number of nitrogens with zero attached hydrogens (tertiary/aromatic N) is 3. The highest BCUT2D eigenvalue weighted by Crippen LogP contribution is 2.22. The van der Waals surface area contributed by atoms with E-state index < -0.39 is 5.97 Å². The van der Waals surface area contributed by atoms with E-state index in [1.165, 1.54) is 12.8 Å². The molecule has 0 aliphatic carbocycles. The molecule has 130 valence electrons. The lowest BCUT2D eigenvalue weighted by Crippen LogP contribution is -2.40. The molecule has 1 amide bonds. The molecule has 0 bridgehead atoms. The fourth-order valence-corrected chi connectivity index (χ4v) is 3.45. The number of carboxylic acid groups (broad SMARTS) is 1. The minimum Gasteiger partial charge on any atom is -0.481 e. The van der Waals surface area contributed by atoms with Crippen molar-refractivity contribution in [1.29, 1.82) is 0 Å². The first-order chi connectivity index (χ1) is 11.5. The van der Waals surface area contributed by atoms with Gasteiger partial charge in [-0.05, 0) is 43.7 Å². The van der Waals surface area contributed by atoms with Gasteiger partial charge in [0.05, 0.1) is 11.5 Å². The number of likely N-dealkylation sites (tertiary alicyclic amines) is 1. The molecule has 1 N–H and O–H groups in total. The summed E-state index contributed by atoms with van der Waals surface area (Å²) in [6, 6.07) is 3.76. The van der Waals surface area contributed by atoms with Crippen LogP contribution in [0.25, 0.3) is 0 Å². The molecule has 2 aliphatic heterocycles. The SMILES string of the molecule is CC1CCN(c2ccc(C(=O)N3CCC(C(=O)O)CC3)cn2)CC1. The summed E-state index contributed by atoms with van der Waals surface area (Å²) in [5.74, 6) is 0.573. The molecule has 2 saturated heterocycles. The minimum atomic E-state index is -0.760. The molecule has 3 rings (SSSR count). The maximum atomic E-state index is 12.5. The fraction of sp³-hybridized carbons (Fsp3) is 0.611. The number of carboxylic acids is 1. The van der Waals surface area contributed by atoms with E-state index in [1.807, 2.05) is 12.1 Å². The predicted molar refractivity (Wildman–Crippen MR) is 91.1 cm³/mol. The van der Waals surface area contributed by atoms with Crippen LogP contribution in [0.2, 0.25) is 0 Å². The number of hydrogen-bond acceptors (Lipinski definition) is 4. The number of carbonyl (C=O) groups is 2. The lowest BCUT2D eigenvalue weighted by Gasteiger charge is -2.32. The third kappa shape index (κ3) is 3.68. The van der Waals surface area contributed by atoms with E-state index in [4.69, 9.17) is 5.11 Å². The van der Waals surface area contributed by atoms with Gasteiger partial charge in [-0.25, -0.2) is 4.98 Å². The summed E-state index contributed by atoms with van der Waals surface area (Å²) in [6.07, 6.45) is 5.07. The number of aromatic nitrogens is 1. The van der Waals surface area contributed by atoms with Crippen LogP contribution in [0.5, 0.6) is 0 Å². The van der Waals surface area contributed by atoms with Crippen LogP contribution in [0.3, 0.4) is 0 Å². The molecule has 1 aromatic rings. The van der Waals surface area contributed by atoms with Gasteiger partial charge >= 0.3 is 5.97 Å².